The lowest BCUT2D eigenvalue weighted by molar-refractivity contribution is 0.435. The highest BCUT2D eigenvalue weighted by Crippen LogP contribution is 2.21. The Morgan fingerprint density at radius 1 is 1.46 bits per heavy atom. The number of aromatic nitrogens is 2. The molecule has 72 valence electrons. The van der Waals surface area contributed by atoms with E-state index in [0.717, 1.165) is 12.8 Å². The van der Waals surface area contributed by atoms with Crippen molar-refractivity contribution >= 4 is 9.84 Å². The molecule has 0 bridgehead atoms. The summed E-state index contributed by atoms with van der Waals surface area (Å²) in [7, 11) is -2.82. The molecule has 13 heavy (non-hydrogen) atoms. The topological polar surface area (TPSA) is 52.0 Å². The lowest BCUT2D eigenvalue weighted by Crippen LogP contribution is -2.27. The molecule has 4 nitrogen and oxygen atoms in total. The molecule has 1 aromatic rings. The number of hydrogen-bond donors (Lipinski definition) is 0. The molecular formula is C8H12N2O2S. The first-order valence-corrected chi connectivity index (χ1v) is 6.19. The summed E-state index contributed by atoms with van der Waals surface area (Å²) in [6.07, 6.45) is 5.18. The van der Waals surface area contributed by atoms with Crippen LogP contribution < -0.4 is 0 Å². The molecule has 2 rings (SSSR count). The first-order valence-electron chi connectivity index (χ1n) is 4.37. The van der Waals surface area contributed by atoms with Crippen molar-refractivity contribution in [3.05, 3.63) is 18.5 Å². The standard InChI is InChI=1S/C8H12N2O2S/c11-13(12)6-1-3-8(7-13)10-5-2-4-9-10/h2,4-5,8H,1,3,6-7H2. The first kappa shape index (κ1) is 8.74. The smallest absolute Gasteiger partial charge is 0.152 e. The molecule has 0 radical (unpaired) electrons. The lowest BCUT2D eigenvalue weighted by Gasteiger charge is -2.21. The minimum Gasteiger partial charge on any atom is -0.269 e. The van der Waals surface area contributed by atoms with Crippen LogP contribution in [0.4, 0.5) is 0 Å². The van der Waals surface area contributed by atoms with Gasteiger partial charge in [0.25, 0.3) is 0 Å². The van der Waals surface area contributed by atoms with Gasteiger partial charge in [0.2, 0.25) is 0 Å². The molecule has 1 aromatic heterocycles. The number of rotatable bonds is 1. The fourth-order valence-electron chi connectivity index (χ4n) is 1.70. The van der Waals surface area contributed by atoms with Crippen LogP contribution in [0.25, 0.3) is 0 Å². The second kappa shape index (κ2) is 3.14. The van der Waals surface area contributed by atoms with Crippen LogP contribution in [0.15, 0.2) is 18.5 Å². The Hall–Kier alpha value is -0.840. The number of hydrogen-bond acceptors (Lipinski definition) is 3. The molecule has 1 unspecified atom stereocenters. The maximum Gasteiger partial charge on any atom is 0.152 e. The van der Waals surface area contributed by atoms with E-state index < -0.39 is 9.84 Å². The monoisotopic (exact) mass is 200 g/mol. The minimum atomic E-state index is -2.82. The zero-order valence-corrected chi connectivity index (χ0v) is 8.07. The number of nitrogens with zero attached hydrogens (tertiary/aromatic N) is 2. The van der Waals surface area contributed by atoms with E-state index in [1.54, 1.807) is 10.9 Å². The Labute approximate surface area is 77.5 Å². The zero-order chi connectivity index (χ0) is 9.31. The van der Waals surface area contributed by atoms with E-state index in [2.05, 4.69) is 5.10 Å². The van der Waals surface area contributed by atoms with Crippen LogP contribution in [0.1, 0.15) is 18.9 Å². The largest absolute Gasteiger partial charge is 0.269 e. The van der Waals surface area contributed by atoms with Crippen LogP contribution in [-0.4, -0.2) is 29.7 Å². The highest BCUT2D eigenvalue weighted by molar-refractivity contribution is 7.91. The average Bonchev–Trinajstić information content (AvgIpc) is 2.53. The van der Waals surface area contributed by atoms with Gasteiger partial charge in [0, 0.05) is 12.4 Å². The van der Waals surface area contributed by atoms with E-state index in [-0.39, 0.29) is 11.8 Å². The summed E-state index contributed by atoms with van der Waals surface area (Å²) in [4.78, 5) is 0. The maximum atomic E-state index is 11.3. The summed E-state index contributed by atoms with van der Waals surface area (Å²) in [6.45, 7) is 0. The van der Waals surface area contributed by atoms with Gasteiger partial charge in [-0.3, -0.25) is 4.68 Å². The van der Waals surface area contributed by atoms with Gasteiger partial charge in [-0.25, -0.2) is 8.42 Å². The Morgan fingerprint density at radius 2 is 2.31 bits per heavy atom. The van der Waals surface area contributed by atoms with Crippen molar-refractivity contribution in [2.24, 2.45) is 0 Å². The first-order chi connectivity index (χ1) is 6.17. The summed E-state index contributed by atoms with van der Waals surface area (Å²) < 4.78 is 24.4. The van der Waals surface area contributed by atoms with Gasteiger partial charge in [0.1, 0.15) is 0 Å². The van der Waals surface area contributed by atoms with Crippen LogP contribution in [0.3, 0.4) is 0 Å². The van der Waals surface area contributed by atoms with E-state index >= 15 is 0 Å². The van der Waals surface area contributed by atoms with Gasteiger partial charge in [0.05, 0.1) is 17.5 Å². The summed E-state index contributed by atoms with van der Waals surface area (Å²) in [5, 5.41) is 4.06. The third-order valence-electron chi connectivity index (χ3n) is 2.34. The Kier molecular flexibility index (Phi) is 2.11. The van der Waals surface area contributed by atoms with Crippen molar-refractivity contribution in [2.75, 3.05) is 11.5 Å². The van der Waals surface area contributed by atoms with Gasteiger partial charge < -0.3 is 0 Å². The van der Waals surface area contributed by atoms with E-state index in [1.165, 1.54) is 0 Å². The third kappa shape index (κ3) is 1.91. The molecule has 0 N–H and O–H groups in total. The SMILES string of the molecule is O=S1(=O)CCCC(n2cccn2)C1. The van der Waals surface area contributed by atoms with E-state index in [4.69, 9.17) is 0 Å². The normalized spacial score (nSPS) is 27.2. The van der Waals surface area contributed by atoms with Gasteiger partial charge in [-0.1, -0.05) is 0 Å². The molecule has 1 fully saturated rings. The van der Waals surface area contributed by atoms with Gasteiger partial charge in [-0.15, -0.1) is 0 Å². The molecule has 0 amide bonds. The second-order valence-electron chi connectivity index (χ2n) is 3.40. The molecule has 5 heteroatoms. The fourth-order valence-corrected chi connectivity index (χ4v) is 3.38. The van der Waals surface area contributed by atoms with Crippen molar-refractivity contribution in [2.45, 2.75) is 18.9 Å². The maximum absolute atomic E-state index is 11.3. The third-order valence-corrected chi connectivity index (χ3v) is 4.14. The summed E-state index contributed by atoms with van der Waals surface area (Å²) in [5.74, 6) is 0.583. The quantitative estimate of drug-likeness (QED) is 0.668. The summed E-state index contributed by atoms with van der Waals surface area (Å²) >= 11 is 0. The van der Waals surface area contributed by atoms with E-state index in [0.29, 0.717) is 5.75 Å². The predicted molar refractivity (Wildman–Crippen MR) is 49.2 cm³/mol. The molecule has 1 atom stereocenters. The summed E-state index contributed by atoms with van der Waals surface area (Å²) in [6, 6.07) is 1.87. The lowest BCUT2D eigenvalue weighted by atomic mass is 10.2. The fraction of sp³-hybridized carbons (Fsp3) is 0.625. The van der Waals surface area contributed by atoms with Crippen LogP contribution in [0.5, 0.6) is 0 Å². The van der Waals surface area contributed by atoms with Crippen LogP contribution in [0, 0.1) is 0 Å². The van der Waals surface area contributed by atoms with E-state index in [9.17, 15) is 8.42 Å². The van der Waals surface area contributed by atoms with Crippen LogP contribution >= 0.6 is 0 Å². The highest BCUT2D eigenvalue weighted by Gasteiger charge is 2.25. The highest BCUT2D eigenvalue weighted by atomic mass is 32.2. The molecule has 0 aliphatic carbocycles. The molecule has 1 aliphatic heterocycles. The molecule has 0 spiro atoms. The molecule has 1 saturated heterocycles. The minimum absolute atomic E-state index is 0.0498. The van der Waals surface area contributed by atoms with Crippen molar-refractivity contribution < 1.29 is 8.42 Å². The van der Waals surface area contributed by atoms with Gasteiger partial charge >= 0.3 is 0 Å². The van der Waals surface area contributed by atoms with Crippen molar-refractivity contribution in [1.82, 2.24) is 9.78 Å². The number of sulfone groups is 1. The van der Waals surface area contributed by atoms with E-state index in [1.807, 2.05) is 12.3 Å². The van der Waals surface area contributed by atoms with Crippen LogP contribution in [0.2, 0.25) is 0 Å². The van der Waals surface area contributed by atoms with Gasteiger partial charge in [-0.2, -0.15) is 5.10 Å². The molecular weight excluding hydrogens is 188 g/mol. The molecule has 0 aromatic carbocycles. The van der Waals surface area contributed by atoms with Crippen molar-refractivity contribution in [3.63, 3.8) is 0 Å². The molecule has 2 heterocycles. The average molecular weight is 200 g/mol. The van der Waals surface area contributed by atoms with Crippen molar-refractivity contribution in [1.29, 1.82) is 0 Å². The predicted octanol–water partition coefficient (Wildman–Crippen LogP) is 0.633. The zero-order valence-electron chi connectivity index (χ0n) is 7.26. The Balaban J connectivity index is 2.18. The second-order valence-corrected chi connectivity index (χ2v) is 5.63. The van der Waals surface area contributed by atoms with Gasteiger partial charge in [0.15, 0.2) is 9.84 Å². The molecule has 0 saturated carbocycles. The molecule has 1 aliphatic rings. The van der Waals surface area contributed by atoms with Crippen molar-refractivity contribution in [3.8, 4) is 0 Å². The Bertz CT molecular complexity index is 369. The Morgan fingerprint density at radius 3 is 2.92 bits per heavy atom. The van der Waals surface area contributed by atoms with Gasteiger partial charge in [-0.05, 0) is 18.9 Å². The van der Waals surface area contributed by atoms with Crippen LogP contribution in [-0.2, 0) is 9.84 Å². The summed E-state index contributed by atoms with van der Waals surface area (Å²) in [5.41, 5.74) is 0.